The smallest absolute Gasteiger partial charge is 0.262 e. The van der Waals surface area contributed by atoms with Crippen LogP contribution in [-0.2, 0) is 6.54 Å². The van der Waals surface area contributed by atoms with Gasteiger partial charge in [0.05, 0.1) is 10.7 Å². The number of aromatic nitrogens is 1. The molecule has 0 radical (unpaired) electrons. The molecule has 2 aliphatic rings. The van der Waals surface area contributed by atoms with Crippen LogP contribution in [0.15, 0.2) is 130 Å². The molecule has 2 nitrogen and oxygen atoms in total. The van der Waals surface area contributed by atoms with E-state index in [-0.39, 0.29) is 5.41 Å². The lowest BCUT2D eigenvalue weighted by molar-refractivity contribution is -0.665. The largest absolute Gasteiger partial charge is 0.335 e. The molecule has 0 saturated carbocycles. The molecule has 0 unspecified atom stereocenters. The maximum absolute atomic E-state index is 2.44. The highest BCUT2D eigenvalue weighted by molar-refractivity contribution is 8.03. The molecule has 0 saturated heterocycles. The SMILES string of the molecule is CCN1C(=CC=CC2=CC(=CC=Cc3sc4cc5ccccc5cc4[n+]3CC)CC(C)(C)C2)Sc2cc3ccccc3cc21. The normalized spacial score (nSPS) is 18.5. The van der Waals surface area contributed by atoms with E-state index in [9.17, 15) is 0 Å². The predicted octanol–water partition coefficient (Wildman–Crippen LogP) is 11.2. The number of aryl methyl sites for hydroxylation is 1. The average molecular weight is 612 g/mol. The second-order valence-corrected chi connectivity index (χ2v) is 14.7. The molecular formula is C40H39N2S2+. The third kappa shape index (κ3) is 5.69. The van der Waals surface area contributed by atoms with E-state index in [1.54, 1.807) is 0 Å². The number of hydrogen-bond acceptors (Lipinski definition) is 3. The molecule has 1 aliphatic carbocycles. The molecule has 0 fully saturated rings. The number of anilines is 1. The van der Waals surface area contributed by atoms with Gasteiger partial charge in [-0.15, -0.1) is 0 Å². The highest BCUT2D eigenvalue weighted by Crippen LogP contribution is 2.47. The predicted molar refractivity (Wildman–Crippen MR) is 193 cm³/mol. The van der Waals surface area contributed by atoms with E-state index in [0.717, 1.165) is 25.9 Å². The summed E-state index contributed by atoms with van der Waals surface area (Å²) in [4.78, 5) is 3.78. The fourth-order valence-electron chi connectivity index (χ4n) is 6.70. The van der Waals surface area contributed by atoms with Gasteiger partial charge in [-0.25, -0.2) is 0 Å². The number of hydrogen-bond donors (Lipinski definition) is 0. The highest BCUT2D eigenvalue weighted by Gasteiger charge is 2.26. The number of fused-ring (bicyclic) bond motifs is 4. The Kier molecular flexibility index (Phi) is 7.82. The zero-order valence-corrected chi connectivity index (χ0v) is 27.6. The lowest BCUT2D eigenvalue weighted by Crippen LogP contribution is -2.33. The minimum atomic E-state index is 0.232. The third-order valence-corrected chi connectivity index (χ3v) is 10.9. The van der Waals surface area contributed by atoms with E-state index in [1.165, 1.54) is 63.5 Å². The Morgan fingerprint density at radius 1 is 0.818 bits per heavy atom. The van der Waals surface area contributed by atoms with Crippen molar-refractivity contribution in [2.24, 2.45) is 5.41 Å². The van der Waals surface area contributed by atoms with Crippen LogP contribution in [0.1, 0.15) is 45.5 Å². The van der Waals surface area contributed by atoms with Gasteiger partial charge < -0.3 is 4.90 Å². The minimum Gasteiger partial charge on any atom is -0.335 e. The Balaban J connectivity index is 1.13. The molecule has 0 amide bonds. The summed E-state index contributed by atoms with van der Waals surface area (Å²) in [5.74, 6) is 0. The summed E-state index contributed by atoms with van der Waals surface area (Å²) in [5.41, 5.74) is 5.66. The summed E-state index contributed by atoms with van der Waals surface area (Å²) < 4.78 is 3.78. The van der Waals surface area contributed by atoms with Gasteiger partial charge in [-0.1, -0.05) is 116 Å². The molecular weight excluding hydrogens is 573 g/mol. The minimum absolute atomic E-state index is 0.232. The van der Waals surface area contributed by atoms with Crippen molar-refractivity contribution in [3.63, 3.8) is 0 Å². The van der Waals surface area contributed by atoms with Gasteiger partial charge in [-0.2, -0.15) is 4.57 Å². The van der Waals surface area contributed by atoms with Crippen molar-refractivity contribution < 1.29 is 4.57 Å². The maximum atomic E-state index is 2.44. The highest BCUT2D eigenvalue weighted by atomic mass is 32.2. The number of allylic oxidation sites excluding steroid dienone is 8. The van der Waals surface area contributed by atoms with Crippen LogP contribution in [0.2, 0.25) is 0 Å². The molecule has 0 spiro atoms. The Morgan fingerprint density at radius 2 is 1.50 bits per heavy atom. The first-order valence-corrected chi connectivity index (χ1v) is 17.3. The van der Waals surface area contributed by atoms with Crippen molar-refractivity contribution in [1.29, 1.82) is 0 Å². The van der Waals surface area contributed by atoms with Gasteiger partial charge in [0.2, 0.25) is 5.52 Å². The van der Waals surface area contributed by atoms with Crippen molar-refractivity contribution in [2.75, 3.05) is 11.4 Å². The average Bonchev–Trinajstić information content (AvgIpc) is 3.53. The van der Waals surface area contributed by atoms with E-state index in [0.29, 0.717) is 0 Å². The van der Waals surface area contributed by atoms with Gasteiger partial charge in [-0.05, 0) is 89.1 Å². The number of benzene rings is 4. The van der Waals surface area contributed by atoms with Crippen LogP contribution in [0.4, 0.5) is 5.69 Å². The zero-order chi connectivity index (χ0) is 30.3. The molecule has 0 bridgehead atoms. The van der Waals surface area contributed by atoms with Crippen molar-refractivity contribution >= 4 is 66.6 Å². The third-order valence-electron chi connectivity index (χ3n) is 8.66. The second-order valence-electron chi connectivity index (χ2n) is 12.6. The van der Waals surface area contributed by atoms with Gasteiger partial charge in [0, 0.05) is 23.6 Å². The van der Waals surface area contributed by atoms with Crippen molar-refractivity contribution in [1.82, 2.24) is 0 Å². The first-order chi connectivity index (χ1) is 21.4. The quantitative estimate of drug-likeness (QED) is 0.176. The summed E-state index contributed by atoms with van der Waals surface area (Å²) >= 11 is 3.76. The van der Waals surface area contributed by atoms with Crippen LogP contribution in [0.5, 0.6) is 0 Å². The summed E-state index contributed by atoms with van der Waals surface area (Å²) in [6.45, 7) is 11.2. The van der Waals surface area contributed by atoms with Gasteiger partial charge >= 0.3 is 0 Å². The van der Waals surface area contributed by atoms with Gasteiger partial charge in [-0.3, -0.25) is 0 Å². The number of nitrogens with zero attached hydrogens (tertiary/aromatic N) is 2. The van der Waals surface area contributed by atoms with E-state index >= 15 is 0 Å². The van der Waals surface area contributed by atoms with Crippen LogP contribution in [-0.4, -0.2) is 6.54 Å². The van der Waals surface area contributed by atoms with Gasteiger partial charge in [0.1, 0.15) is 11.2 Å². The second kappa shape index (κ2) is 11.9. The molecule has 4 heteroatoms. The Morgan fingerprint density at radius 3 is 2.23 bits per heavy atom. The topological polar surface area (TPSA) is 7.12 Å². The first kappa shape index (κ1) is 28.9. The fourth-order valence-corrected chi connectivity index (χ4v) is 9.04. The maximum Gasteiger partial charge on any atom is 0.262 e. The summed E-state index contributed by atoms with van der Waals surface area (Å²) in [6.07, 6.45) is 18.3. The van der Waals surface area contributed by atoms with Crippen molar-refractivity contribution in [3.05, 3.63) is 130 Å². The van der Waals surface area contributed by atoms with Gasteiger partial charge in [0.15, 0.2) is 0 Å². The molecule has 0 N–H and O–H groups in total. The van der Waals surface area contributed by atoms with E-state index in [1.807, 2.05) is 23.1 Å². The molecule has 1 aliphatic heterocycles. The molecule has 7 rings (SSSR count). The standard InChI is InChI=1S/C40H39N2S2/c1-5-41-34-22-30-15-7-9-17-32(30)24-36(34)43-38(41)19-11-13-28-21-29(27-40(3,4)26-28)14-12-20-39-42(6-2)35-23-31-16-8-10-18-33(31)25-37(35)44-39/h7-25H,5-6,26-27H2,1-4H3/q+1. The van der Waals surface area contributed by atoms with Gasteiger partial charge in [0.25, 0.3) is 5.01 Å². The Labute approximate surface area is 269 Å². The fraction of sp³-hybridized carbons (Fsp3) is 0.225. The van der Waals surface area contributed by atoms with Crippen LogP contribution in [0, 0.1) is 5.41 Å². The van der Waals surface area contributed by atoms with Crippen molar-refractivity contribution in [2.45, 2.75) is 52.0 Å². The monoisotopic (exact) mass is 611 g/mol. The van der Waals surface area contributed by atoms with E-state index in [4.69, 9.17) is 0 Å². The summed E-state index contributed by atoms with van der Waals surface area (Å²) in [6, 6.07) is 26.7. The molecule has 4 aromatic carbocycles. The number of rotatable bonds is 6. The summed E-state index contributed by atoms with van der Waals surface area (Å²) in [5, 5.41) is 7.80. The number of thioether (sulfide) groups is 1. The van der Waals surface area contributed by atoms with Crippen molar-refractivity contribution in [3.8, 4) is 0 Å². The van der Waals surface area contributed by atoms with Crippen LogP contribution in [0.3, 0.4) is 0 Å². The molecule has 220 valence electrons. The first-order valence-electron chi connectivity index (χ1n) is 15.7. The van der Waals surface area contributed by atoms with Crippen LogP contribution < -0.4 is 9.47 Å². The Bertz CT molecular complexity index is 2050. The lowest BCUT2D eigenvalue weighted by Gasteiger charge is -2.30. The number of thiazole rings is 1. The zero-order valence-electron chi connectivity index (χ0n) is 26.0. The molecule has 2 heterocycles. The molecule has 0 atom stereocenters. The Hall–Kier alpha value is -3.86. The molecule has 1 aromatic heterocycles. The van der Waals surface area contributed by atoms with E-state index in [2.05, 4.69) is 152 Å². The molecule has 5 aromatic rings. The van der Waals surface area contributed by atoms with Crippen LogP contribution in [0.25, 0.3) is 37.8 Å². The summed E-state index contributed by atoms with van der Waals surface area (Å²) in [7, 11) is 0. The lowest BCUT2D eigenvalue weighted by atomic mass is 9.75. The van der Waals surface area contributed by atoms with Crippen LogP contribution >= 0.6 is 23.1 Å². The van der Waals surface area contributed by atoms with E-state index < -0.39 is 0 Å². The molecule has 44 heavy (non-hydrogen) atoms.